The average Bonchev–Trinajstić information content (AvgIpc) is 2.93. The highest BCUT2D eigenvalue weighted by Crippen LogP contribution is 2.32. The van der Waals surface area contributed by atoms with Crippen LogP contribution in [0.25, 0.3) is 11.1 Å². The van der Waals surface area contributed by atoms with Gasteiger partial charge in [0.1, 0.15) is 5.52 Å². The number of aliphatic imine (C=N–C) groups is 1. The molecule has 1 aliphatic heterocycles. The zero-order valence-corrected chi connectivity index (χ0v) is 17.9. The molecule has 7 nitrogen and oxygen atoms in total. The molecular weight excluding hydrogens is 471 g/mol. The Kier molecular flexibility index (Phi) is 6.61. The van der Waals surface area contributed by atoms with Crippen LogP contribution in [0.3, 0.4) is 0 Å². The Morgan fingerprint density at radius 1 is 1.18 bits per heavy atom. The first-order valence-corrected chi connectivity index (χ1v) is 9.01. The Morgan fingerprint density at radius 3 is 2.82 bits per heavy atom. The molecule has 8 heteroatoms. The Balaban J connectivity index is 0.00000225. The van der Waals surface area contributed by atoms with E-state index in [1.165, 1.54) is 0 Å². The molecule has 4 rings (SSSR count). The van der Waals surface area contributed by atoms with Gasteiger partial charge in [-0.25, -0.2) is 4.98 Å². The van der Waals surface area contributed by atoms with Crippen LogP contribution < -0.4 is 20.5 Å². The van der Waals surface area contributed by atoms with Crippen LogP contribution in [0.2, 0.25) is 0 Å². The third-order valence-electron chi connectivity index (χ3n) is 4.29. The minimum absolute atomic E-state index is 0. The number of ether oxygens (including phenoxy) is 2. The number of fused-ring (bicyclic) bond motifs is 2. The van der Waals surface area contributed by atoms with Crippen LogP contribution in [-0.2, 0) is 6.42 Å². The SMILES string of the molecule is Cc1cccc2oc(CCN=C(N)Nc3ccc4c(c3)OCCCO4)nc12.I. The topological polar surface area (TPSA) is 94.9 Å². The van der Waals surface area contributed by atoms with Crippen LogP contribution in [0.5, 0.6) is 11.5 Å². The fourth-order valence-electron chi connectivity index (χ4n) is 2.94. The van der Waals surface area contributed by atoms with Crippen LogP contribution in [0, 0.1) is 6.92 Å². The van der Waals surface area contributed by atoms with E-state index >= 15 is 0 Å². The number of para-hydroxylation sites is 1. The summed E-state index contributed by atoms with van der Waals surface area (Å²) in [7, 11) is 0. The first kappa shape index (κ1) is 20.2. The van der Waals surface area contributed by atoms with Crippen LogP contribution in [0.1, 0.15) is 17.9 Å². The monoisotopic (exact) mass is 494 g/mol. The molecular formula is C20H23IN4O3. The second kappa shape index (κ2) is 9.13. The molecule has 0 spiro atoms. The fourth-order valence-corrected chi connectivity index (χ4v) is 2.94. The van der Waals surface area contributed by atoms with Gasteiger partial charge in [0.15, 0.2) is 28.9 Å². The molecule has 0 aliphatic carbocycles. The van der Waals surface area contributed by atoms with Crippen molar-refractivity contribution in [2.75, 3.05) is 25.1 Å². The second-order valence-electron chi connectivity index (χ2n) is 6.38. The number of oxazole rings is 1. The highest BCUT2D eigenvalue weighted by Gasteiger charge is 2.11. The van der Waals surface area contributed by atoms with Gasteiger partial charge in [-0.05, 0) is 30.7 Å². The summed E-state index contributed by atoms with van der Waals surface area (Å²) in [5, 5.41) is 3.08. The molecule has 3 aromatic rings. The van der Waals surface area contributed by atoms with Crippen molar-refractivity contribution in [1.29, 1.82) is 0 Å². The number of nitrogens with one attached hydrogen (secondary N) is 1. The molecule has 0 amide bonds. The maximum atomic E-state index is 5.99. The van der Waals surface area contributed by atoms with Gasteiger partial charge in [0, 0.05) is 24.6 Å². The van der Waals surface area contributed by atoms with E-state index in [1.807, 2.05) is 43.3 Å². The van der Waals surface area contributed by atoms with Crippen LogP contribution in [0.15, 0.2) is 45.8 Å². The fraction of sp³-hybridized carbons (Fsp3) is 0.300. The highest BCUT2D eigenvalue weighted by molar-refractivity contribution is 14.0. The lowest BCUT2D eigenvalue weighted by Gasteiger charge is -2.10. The molecule has 0 radical (unpaired) electrons. The molecule has 148 valence electrons. The summed E-state index contributed by atoms with van der Waals surface area (Å²) in [6.45, 7) is 3.81. The van der Waals surface area contributed by atoms with Crippen LogP contribution in [0.4, 0.5) is 5.69 Å². The largest absolute Gasteiger partial charge is 0.490 e. The molecule has 3 N–H and O–H groups in total. The van der Waals surface area contributed by atoms with Gasteiger partial charge < -0.3 is 24.9 Å². The molecule has 1 aromatic heterocycles. The number of aromatic nitrogens is 1. The first-order valence-electron chi connectivity index (χ1n) is 9.01. The number of nitrogens with two attached hydrogens (primary N) is 1. The number of guanidine groups is 1. The van der Waals surface area contributed by atoms with Crippen LogP contribution >= 0.6 is 24.0 Å². The van der Waals surface area contributed by atoms with Crippen molar-refractivity contribution in [2.24, 2.45) is 10.7 Å². The van der Waals surface area contributed by atoms with E-state index in [0.29, 0.717) is 43.8 Å². The summed E-state index contributed by atoms with van der Waals surface area (Å²) in [4.78, 5) is 8.87. The third-order valence-corrected chi connectivity index (χ3v) is 4.29. The number of rotatable bonds is 4. The minimum Gasteiger partial charge on any atom is -0.490 e. The van der Waals surface area contributed by atoms with Gasteiger partial charge in [0.2, 0.25) is 0 Å². The van der Waals surface area contributed by atoms with E-state index in [1.54, 1.807) is 0 Å². The van der Waals surface area contributed by atoms with Crippen molar-refractivity contribution in [1.82, 2.24) is 4.98 Å². The molecule has 0 unspecified atom stereocenters. The van der Waals surface area contributed by atoms with Gasteiger partial charge in [-0.2, -0.15) is 0 Å². The van der Waals surface area contributed by atoms with E-state index in [0.717, 1.165) is 34.5 Å². The molecule has 2 aromatic carbocycles. The number of aryl methyl sites for hydroxylation is 1. The van der Waals surface area contributed by atoms with E-state index < -0.39 is 0 Å². The maximum Gasteiger partial charge on any atom is 0.197 e. The lowest BCUT2D eigenvalue weighted by Crippen LogP contribution is -2.23. The Hall–Kier alpha value is -2.49. The standard InChI is InChI=1S/C20H22N4O3.HI/c1-13-4-2-5-16-19(13)24-18(27-16)8-9-22-20(21)23-14-6-7-15-17(12-14)26-11-3-10-25-15;/h2,4-7,12H,3,8-11H2,1H3,(H3,21,22,23);1H. The maximum absolute atomic E-state index is 5.99. The molecule has 0 saturated heterocycles. The zero-order valence-electron chi connectivity index (χ0n) is 15.6. The summed E-state index contributed by atoms with van der Waals surface area (Å²) < 4.78 is 17.1. The minimum atomic E-state index is 0. The third kappa shape index (κ3) is 4.67. The Labute approximate surface area is 180 Å². The number of halogens is 1. The second-order valence-corrected chi connectivity index (χ2v) is 6.38. The van der Waals surface area contributed by atoms with Crippen molar-refractivity contribution in [3.63, 3.8) is 0 Å². The quantitative estimate of drug-likeness (QED) is 0.325. The average molecular weight is 494 g/mol. The van der Waals surface area contributed by atoms with Crippen molar-refractivity contribution in [2.45, 2.75) is 19.8 Å². The van der Waals surface area contributed by atoms with E-state index in [4.69, 9.17) is 19.6 Å². The molecule has 0 bridgehead atoms. The summed E-state index contributed by atoms with van der Waals surface area (Å²) in [6.07, 6.45) is 1.45. The zero-order chi connectivity index (χ0) is 18.6. The van der Waals surface area contributed by atoms with E-state index in [2.05, 4.69) is 15.3 Å². The summed E-state index contributed by atoms with van der Waals surface area (Å²) in [6, 6.07) is 11.5. The number of anilines is 1. The van der Waals surface area contributed by atoms with Crippen molar-refractivity contribution in [3.8, 4) is 11.5 Å². The van der Waals surface area contributed by atoms with E-state index in [-0.39, 0.29) is 24.0 Å². The van der Waals surface area contributed by atoms with Crippen molar-refractivity contribution >= 4 is 46.7 Å². The molecule has 0 atom stereocenters. The van der Waals surface area contributed by atoms with Gasteiger partial charge in [-0.3, -0.25) is 4.99 Å². The summed E-state index contributed by atoms with van der Waals surface area (Å²) in [5.41, 5.74) is 9.59. The first-order chi connectivity index (χ1) is 13.2. The molecule has 0 fully saturated rings. The summed E-state index contributed by atoms with van der Waals surface area (Å²) in [5.74, 6) is 2.45. The highest BCUT2D eigenvalue weighted by atomic mass is 127. The van der Waals surface area contributed by atoms with Crippen molar-refractivity contribution < 1.29 is 13.9 Å². The van der Waals surface area contributed by atoms with Gasteiger partial charge >= 0.3 is 0 Å². The smallest absolute Gasteiger partial charge is 0.197 e. The predicted octanol–water partition coefficient (Wildman–Crippen LogP) is 3.88. The molecule has 1 aliphatic rings. The number of benzene rings is 2. The number of hydrogen-bond donors (Lipinski definition) is 2. The Morgan fingerprint density at radius 2 is 2.00 bits per heavy atom. The normalized spacial score (nSPS) is 13.7. The molecule has 0 saturated carbocycles. The number of hydrogen-bond acceptors (Lipinski definition) is 5. The van der Waals surface area contributed by atoms with Crippen molar-refractivity contribution in [3.05, 3.63) is 47.9 Å². The van der Waals surface area contributed by atoms with Gasteiger partial charge in [-0.1, -0.05) is 12.1 Å². The lowest BCUT2D eigenvalue weighted by atomic mass is 10.2. The van der Waals surface area contributed by atoms with Gasteiger partial charge in [-0.15, -0.1) is 24.0 Å². The predicted molar refractivity (Wildman–Crippen MR) is 120 cm³/mol. The molecule has 2 heterocycles. The Bertz CT molecular complexity index is 987. The van der Waals surface area contributed by atoms with Crippen LogP contribution in [-0.4, -0.2) is 30.7 Å². The van der Waals surface area contributed by atoms with E-state index in [9.17, 15) is 0 Å². The summed E-state index contributed by atoms with van der Waals surface area (Å²) >= 11 is 0. The van der Waals surface area contributed by atoms with Gasteiger partial charge in [0.25, 0.3) is 0 Å². The number of nitrogens with zero attached hydrogens (tertiary/aromatic N) is 2. The molecule has 28 heavy (non-hydrogen) atoms. The van der Waals surface area contributed by atoms with Gasteiger partial charge in [0.05, 0.1) is 19.8 Å². The lowest BCUT2D eigenvalue weighted by molar-refractivity contribution is 0.297.